The third-order valence-corrected chi connectivity index (χ3v) is 6.64. The third-order valence-electron chi connectivity index (χ3n) is 6.15. The quantitative estimate of drug-likeness (QED) is 0.364. The van der Waals surface area contributed by atoms with E-state index >= 15 is 0 Å². The fourth-order valence-corrected chi connectivity index (χ4v) is 4.82. The molecule has 0 bridgehead atoms. The van der Waals surface area contributed by atoms with Gasteiger partial charge in [-0.2, -0.15) is 0 Å². The van der Waals surface area contributed by atoms with Gasteiger partial charge in [0.1, 0.15) is 0 Å². The minimum Gasteiger partial charge on any atom is -0.462 e. The Bertz CT molecular complexity index is 1400. The molecule has 0 saturated carbocycles. The number of hydrogen-bond donors (Lipinski definition) is 1. The van der Waals surface area contributed by atoms with E-state index in [1.54, 1.807) is 36.1 Å². The summed E-state index contributed by atoms with van der Waals surface area (Å²) in [5.41, 5.74) is 3.80. The number of ether oxygens (including phenoxy) is 1. The largest absolute Gasteiger partial charge is 0.462 e. The van der Waals surface area contributed by atoms with E-state index in [0.29, 0.717) is 30.9 Å². The lowest BCUT2D eigenvalue weighted by Gasteiger charge is -2.24. The van der Waals surface area contributed by atoms with Crippen molar-refractivity contribution < 1.29 is 14.3 Å². The lowest BCUT2D eigenvalue weighted by molar-refractivity contribution is 0.0527. The molecule has 3 heterocycles. The van der Waals surface area contributed by atoms with Crippen LogP contribution in [0.15, 0.2) is 65.3 Å². The minimum absolute atomic E-state index is 0.230. The fraction of sp³-hybridized carbons (Fsp3) is 0.269. The highest BCUT2D eigenvalue weighted by molar-refractivity contribution is 9.10. The van der Waals surface area contributed by atoms with Gasteiger partial charge in [-0.05, 0) is 55.8 Å². The average Bonchev–Trinajstić information content (AvgIpc) is 3.21. The second-order valence-corrected chi connectivity index (χ2v) is 9.27. The molecule has 2 aromatic carbocycles. The number of urea groups is 1. The van der Waals surface area contributed by atoms with Crippen LogP contribution in [0.2, 0.25) is 0 Å². The number of hydrogen-bond acceptors (Lipinski definition) is 5. The number of aromatic nitrogens is 2. The van der Waals surface area contributed by atoms with Crippen LogP contribution < -0.4 is 10.2 Å². The first-order valence-electron chi connectivity index (χ1n) is 11.7. The molecule has 1 fully saturated rings. The number of nitrogens with one attached hydrogen (secondary N) is 1. The molecule has 4 aromatic rings. The van der Waals surface area contributed by atoms with E-state index in [-0.39, 0.29) is 12.6 Å². The number of rotatable bonds is 4. The van der Waals surface area contributed by atoms with Crippen molar-refractivity contribution in [2.24, 2.45) is 0 Å². The number of carbonyl (C=O) groups is 2. The molecule has 0 atom stereocenters. The second-order valence-electron chi connectivity index (χ2n) is 8.36. The molecule has 2 aromatic heterocycles. The van der Waals surface area contributed by atoms with Crippen molar-refractivity contribution in [2.45, 2.75) is 13.3 Å². The molecule has 0 spiro atoms. The van der Waals surface area contributed by atoms with Gasteiger partial charge in [-0.15, -0.1) is 0 Å². The molecule has 2 amide bonds. The number of carbonyl (C=O) groups excluding carboxylic acids is 2. The zero-order valence-electron chi connectivity index (χ0n) is 19.4. The Morgan fingerprint density at radius 1 is 1.03 bits per heavy atom. The van der Waals surface area contributed by atoms with E-state index in [1.165, 1.54) is 0 Å². The van der Waals surface area contributed by atoms with Gasteiger partial charge in [-0.25, -0.2) is 14.6 Å². The minimum atomic E-state index is -0.448. The van der Waals surface area contributed by atoms with E-state index in [4.69, 9.17) is 9.72 Å². The lowest BCUT2D eigenvalue weighted by Crippen LogP contribution is -2.38. The van der Waals surface area contributed by atoms with Crippen LogP contribution in [0.4, 0.5) is 16.3 Å². The van der Waals surface area contributed by atoms with Crippen molar-refractivity contribution in [1.29, 1.82) is 0 Å². The van der Waals surface area contributed by atoms with Crippen molar-refractivity contribution in [3.05, 3.63) is 70.8 Å². The van der Waals surface area contributed by atoms with E-state index in [1.807, 2.05) is 18.2 Å². The van der Waals surface area contributed by atoms with Crippen LogP contribution in [0.1, 0.15) is 23.7 Å². The monoisotopic (exact) mass is 535 g/mol. The van der Waals surface area contributed by atoms with Gasteiger partial charge in [-0.3, -0.25) is 0 Å². The highest BCUT2D eigenvalue weighted by Crippen LogP contribution is 2.28. The van der Waals surface area contributed by atoms with Crippen LogP contribution in [-0.4, -0.2) is 59.1 Å². The summed E-state index contributed by atoms with van der Waals surface area (Å²) < 4.78 is 8.26. The Hall–Kier alpha value is -3.59. The molecule has 1 saturated heterocycles. The predicted molar refractivity (Wildman–Crippen MR) is 140 cm³/mol. The van der Waals surface area contributed by atoms with E-state index in [2.05, 4.69) is 48.9 Å². The van der Waals surface area contributed by atoms with Crippen molar-refractivity contribution in [3.63, 3.8) is 0 Å². The van der Waals surface area contributed by atoms with Gasteiger partial charge in [0.05, 0.1) is 34.4 Å². The van der Waals surface area contributed by atoms with Crippen molar-refractivity contribution in [1.82, 2.24) is 14.3 Å². The van der Waals surface area contributed by atoms with Crippen LogP contribution in [0.3, 0.4) is 0 Å². The summed E-state index contributed by atoms with van der Waals surface area (Å²) in [6, 6.07) is 16.9. The van der Waals surface area contributed by atoms with E-state index in [9.17, 15) is 9.59 Å². The standard InChI is InChI=1S/C26H26BrN5O3/c1-2-35-25(33)19-7-3-4-8-20(19)29-26(34)31-13-6-12-30(15-16-31)24-23-9-5-14-32(23)22-11-10-18(27)17-21(22)28-24/h3-5,7-11,14,17H,2,6,12-13,15-16H2,1H3,(H,29,34). The van der Waals surface area contributed by atoms with Gasteiger partial charge in [0.25, 0.3) is 0 Å². The van der Waals surface area contributed by atoms with Crippen molar-refractivity contribution in [2.75, 3.05) is 43.0 Å². The normalized spacial score (nSPS) is 14.2. The van der Waals surface area contributed by atoms with E-state index in [0.717, 1.165) is 39.8 Å². The van der Waals surface area contributed by atoms with Crippen LogP contribution in [0.25, 0.3) is 16.6 Å². The molecule has 8 nitrogen and oxygen atoms in total. The Balaban J connectivity index is 1.35. The second kappa shape index (κ2) is 9.95. The van der Waals surface area contributed by atoms with Gasteiger partial charge in [0, 0.05) is 36.8 Å². The topological polar surface area (TPSA) is 79.2 Å². The summed E-state index contributed by atoms with van der Waals surface area (Å²) in [5, 5.41) is 2.90. The first kappa shape index (κ1) is 23.2. The van der Waals surface area contributed by atoms with Gasteiger partial charge in [0.15, 0.2) is 5.82 Å². The van der Waals surface area contributed by atoms with Crippen LogP contribution in [-0.2, 0) is 4.74 Å². The number of fused-ring (bicyclic) bond motifs is 3. The Kier molecular flexibility index (Phi) is 6.59. The molecule has 1 N–H and O–H groups in total. The molecular formula is C26H26BrN5O3. The zero-order chi connectivity index (χ0) is 24.4. The number of benzene rings is 2. The fourth-order valence-electron chi connectivity index (χ4n) is 4.47. The Morgan fingerprint density at radius 2 is 1.89 bits per heavy atom. The summed E-state index contributed by atoms with van der Waals surface area (Å²) in [4.78, 5) is 34.4. The van der Waals surface area contributed by atoms with Gasteiger partial charge < -0.3 is 24.3 Å². The Morgan fingerprint density at radius 3 is 2.74 bits per heavy atom. The van der Waals surface area contributed by atoms with Crippen molar-refractivity contribution >= 4 is 56.0 Å². The molecule has 9 heteroatoms. The molecule has 0 unspecified atom stereocenters. The van der Waals surface area contributed by atoms with Gasteiger partial charge in [-0.1, -0.05) is 28.1 Å². The van der Waals surface area contributed by atoms with Gasteiger partial charge >= 0.3 is 12.0 Å². The van der Waals surface area contributed by atoms with Gasteiger partial charge in [0.2, 0.25) is 0 Å². The maximum atomic E-state index is 13.1. The molecule has 1 aliphatic heterocycles. The summed E-state index contributed by atoms with van der Waals surface area (Å²) in [6.07, 6.45) is 2.85. The summed E-state index contributed by atoms with van der Waals surface area (Å²) >= 11 is 3.55. The first-order valence-corrected chi connectivity index (χ1v) is 12.5. The van der Waals surface area contributed by atoms with Crippen molar-refractivity contribution in [3.8, 4) is 0 Å². The number of anilines is 2. The zero-order valence-corrected chi connectivity index (χ0v) is 21.0. The molecule has 35 heavy (non-hydrogen) atoms. The molecule has 180 valence electrons. The SMILES string of the molecule is CCOC(=O)c1ccccc1NC(=O)N1CCCN(c2nc3cc(Br)ccc3n3cccc23)CC1. The number of amides is 2. The summed E-state index contributed by atoms with van der Waals surface area (Å²) in [5.74, 6) is 0.464. The van der Waals surface area contributed by atoms with Crippen LogP contribution in [0, 0.1) is 0 Å². The van der Waals surface area contributed by atoms with E-state index < -0.39 is 5.97 Å². The summed E-state index contributed by atoms with van der Waals surface area (Å²) in [6.45, 7) is 4.63. The van der Waals surface area contributed by atoms with Crippen LogP contribution >= 0.6 is 15.9 Å². The number of esters is 1. The molecule has 5 rings (SSSR count). The smallest absolute Gasteiger partial charge is 0.340 e. The number of nitrogens with zero attached hydrogens (tertiary/aromatic N) is 4. The highest BCUT2D eigenvalue weighted by atomic mass is 79.9. The molecule has 0 aliphatic carbocycles. The lowest BCUT2D eigenvalue weighted by atomic mass is 10.2. The summed E-state index contributed by atoms with van der Waals surface area (Å²) in [7, 11) is 0. The molecule has 1 aliphatic rings. The van der Waals surface area contributed by atoms with Crippen LogP contribution in [0.5, 0.6) is 0 Å². The first-order chi connectivity index (χ1) is 17.0. The number of para-hydroxylation sites is 1. The maximum absolute atomic E-state index is 13.1. The highest BCUT2D eigenvalue weighted by Gasteiger charge is 2.23. The third kappa shape index (κ3) is 4.68. The molecule has 0 radical (unpaired) electrons. The maximum Gasteiger partial charge on any atom is 0.340 e. The average molecular weight is 536 g/mol. The molecular weight excluding hydrogens is 510 g/mol. The Labute approximate surface area is 211 Å². The number of halogens is 1. The predicted octanol–water partition coefficient (Wildman–Crippen LogP) is 5.17.